The monoisotopic (exact) mass is 287 g/mol. The first kappa shape index (κ1) is 15.3. The van der Waals surface area contributed by atoms with E-state index in [9.17, 15) is 13.2 Å². The van der Waals surface area contributed by atoms with Gasteiger partial charge in [0.25, 0.3) is 0 Å². The van der Waals surface area contributed by atoms with Crippen LogP contribution in [0.15, 0.2) is 23.1 Å². The van der Waals surface area contributed by atoms with Crippen LogP contribution in [0.4, 0.5) is 5.69 Å². The van der Waals surface area contributed by atoms with E-state index in [-0.39, 0.29) is 17.2 Å². The zero-order valence-electron chi connectivity index (χ0n) is 10.8. The third kappa shape index (κ3) is 4.11. The molecule has 19 heavy (non-hydrogen) atoms. The summed E-state index contributed by atoms with van der Waals surface area (Å²) in [5.74, 6) is -0.244. The number of hydrogen-bond acceptors (Lipinski definition) is 5. The number of hydrogen-bond donors (Lipinski definition) is 3. The second-order valence-electron chi connectivity index (χ2n) is 3.69. The average Bonchev–Trinajstić information content (AvgIpc) is 2.37. The van der Waals surface area contributed by atoms with Gasteiger partial charge in [-0.1, -0.05) is 0 Å². The molecule has 0 aliphatic rings. The summed E-state index contributed by atoms with van der Waals surface area (Å²) in [5, 5.41) is 2.49. The number of ether oxygens (including phenoxy) is 1. The van der Waals surface area contributed by atoms with Gasteiger partial charge in [0.15, 0.2) is 0 Å². The minimum Gasteiger partial charge on any atom is -0.495 e. The molecule has 0 aliphatic carbocycles. The maximum atomic E-state index is 12.0. The molecule has 1 rings (SSSR count). The Bertz CT molecular complexity index is 557. The molecule has 0 bridgehead atoms. The normalized spacial score (nSPS) is 11.1. The number of methoxy groups -OCH3 is 1. The number of sulfonamides is 1. The molecule has 0 atom stereocenters. The van der Waals surface area contributed by atoms with Crippen molar-refractivity contribution in [3.05, 3.63) is 18.2 Å². The Morgan fingerprint density at radius 2 is 2.11 bits per heavy atom. The molecule has 0 unspecified atom stereocenters. The van der Waals surface area contributed by atoms with Crippen LogP contribution in [-0.4, -0.2) is 34.5 Å². The van der Waals surface area contributed by atoms with Gasteiger partial charge in [0.1, 0.15) is 10.6 Å². The molecule has 0 spiro atoms. The van der Waals surface area contributed by atoms with Crippen molar-refractivity contribution in [1.82, 2.24) is 10.0 Å². The van der Waals surface area contributed by atoms with Gasteiger partial charge < -0.3 is 15.8 Å². The molecule has 7 nitrogen and oxygen atoms in total. The summed E-state index contributed by atoms with van der Waals surface area (Å²) in [6.45, 7) is 1.84. The van der Waals surface area contributed by atoms with E-state index in [2.05, 4.69) is 10.0 Å². The molecule has 1 aromatic rings. The van der Waals surface area contributed by atoms with Gasteiger partial charge in [-0.25, -0.2) is 13.1 Å². The van der Waals surface area contributed by atoms with E-state index in [0.717, 1.165) is 0 Å². The Morgan fingerprint density at radius 1 is 1.42 bits per heavy atom. The molecule has 0 heterocycles. The summed E-state index contributed by atoms with van der Waals surface area (Å²) in [7, 11) is -2.50. The van der Waals surface area contributed by atoms with Crippen molar-refractivity contribution in [1.29, 1.82) is 0 Å². The molecule has 0 aromatic heterocycles. The van der Waals surface area contributed by atoms with Crippen LogP contribution >= 0.6 is 0 Å². The molecule has 4 N–H and O–H groups in total. The van der Waals surface area contributed by atoms with E-state index in [1.807, 2.05) is 0 Å². The average molecular weight is 287 g/mol. The Kier molecular flexibility index (Phi) is 5.13. The van der Waals surface area contributed by atoms with E-state index in [4.69, 9.17) is 10.5 Å². The highest BCUT2D eigenvalue weighted by atomic mass is 32.2. The van der Waals surface area contributed by atoms with Crippen LogP contribution in [0.25, 0.3) is 0 Å². The lowest BCUT2D eigenvalue weighted by atomic mass is 10.3. The fourth-order valence-corrected chi connectivity index (χ4v) is 2.59. The molecule has 106 valence electrons. The number of nitrogens with one attached hydrogen (secondary N) is 2. The third-order valence-corrected chi connectivity index (χ3v) is 3.70. The van der Waals surface area contributed by atoms with Crippen molar-refractivity contribution in [3.63, 3.8) is 0 Å². The van der Waals surface area contributed by atoms with E-state index >= 15 is 0 Å². The summed E-state index contributed by atoms with van der Waals surface area (Å²) >= 11 is 0. The van der Waals surface area contributed by atoms with E-state index in [1.165, 1.54) is 25.3 Å². The standard InChI is InChI=1S/C11H17N3O4S/c1-3-13-11(15)7-14-19(16,17)10-6-8(12)4-5-9(10)18-2/h4-6,14H,3,7,12H2,1-2H3,(H,13,15). The van der Waals surface area contributed by atoms with Gasteiger partial charge in [-0.3, -0.25) is 4.79 Å². The Balaban J connectivity index is 2.94. The Morgan fingerprint density at radius 3 is 2.68 bits per heavy atom. The number of carbonyl (C=O) groups is 1. The van der Waals surface area contributed by atoms with Gasteiger partial charge >= 0.3 is 0 Å². The summed E-state index contributed by atoms with van der Waals surface area (Å²) in [6.07, 6.45) is 0. The van der Waals surface area contributed by atoms with Gasteiger partial charge in [0, 0.05) is 12.2 Å². The lowest BCUT2D eigenvalue weighted by molar-refractivity contribution is -0.119. The molecule has 0 radical (unpaired) electrons. The summed E-state index contributed by atoms with van der Waals surface area (Å²) in [4.78, 5) is 11.2. The van der Waals surface area contributed by atoms with Crippen molar-refractivity contribution in [2.24, 2.45) is 0 Å². The van der Waals surface area contributed by atoms with Crippen LogP contribution in [0.5, 0.6) is 5.75 Å². The first-order chi connectivity index (χ1) is 8.90. The molecule has 1 aromatic carbocycles. The zero-order chi connectivity index (χ0) is 14.5. The van der Waals surface area contributed by atoms with Crippen LogP contribution in [0.1, 0.15) is 6.92 Å². The summed E-state index contributed by atoms with van der Waals surface area (Å²) in [6, 6.07) is 4.26. The lowest BCUT2D eigenvalue weighted by Gasteiger charge is -2.11. The Labute approximate surface area is 112 Å². The highest BCUT2D eigenvalue weighted by Gasteiger charge is 2.20. The first-order valence-electron chi connectivity index (χ1n) is 5.60. The summed E-state index contributed by atoms with van der Waals surface area (Å²) in [5.41, 5.74) is 5.85. The number of benzene rings is 1. The minimum absolute atomic E-state index is 0.0979. The van der Waals surface area contributed by atoms with Crippen LogP contribution in [0.2, 0.25) is 0 Å². The molecule has 0 saturated carbocycles. The molecular formula is C11H17N3O4S. The number of nitrogen functional groups attached to an aromatic ring is 1. The smallest absolute Gasteiger partial charge is 0.244 e. The van der Waals surface area contributed by atoms with Crippen molar-refractivity contribution in [3.8, 4) is 5.75 Å². The molecule has 0 fully saturated rings. The fourth-order valence-electron chi connectivity index (χ4n) is 1.40. The molecule has 1 amide bonds. The third-order valence-electron chi connectivity index (χ3n) is 2.27. The highest BCUT2D eigenvalue weighted by Crippen LogP contribution is 2.25. The zero-order valence-corrected chi connectivity index (χ0v) is 11.6. The SMILES string of the molecule is CCNC(=O)CNS(=O)(=O)c1cc(N)ccc1OC. The molecule has 0 saturated heterocycles. The minimum atomic E-state index is -3.85. The van der Waals surface area contributed by atoms with Crippen molar-refractivity contribution in [2.75, 3.05) is 25.9 Å². The number of likely N-dealkylation sites (N-methyl/N-ethyl adjacent to an activating group) is 1. The van der Waals surface area contributed by atoms with Gasteiger partial charge in [-0.2, -0.15) is 0 Å². The number of carbonyl (C=O) groups excluding carboxylic acids is 1. The lowest BCUT2D eigenvalue weighted by Crippen LogP contribution is -2.36. The first-order valence-corrected chi connectivity index (χ1v) is 7.09. The molecule has 0 aliphatic heterocycles. The van der Waals surface area contributed by atoms with Crippen molar-refractivity contribution in [2.45, 2.75) is 11.8 Å². The number of amides is 1. The number of anilines is 1. The van der Waals surface area contributed by atoms with Crippen LogP contribution in [0.3, 0.4) is 0 Å². The van der Waals surface area contributed by atoms with Gasteiger partial charge in [-0.05, 0) is 25.1 Å². The second kappa shape index (κ2) is 6.39. The maximum absolute atomic E-state index is 12.0. The molecular weight excluding hydrogens is 270 g/mol. The van der Waals surface area contributed by atoms with E-state index < -0.39 is 15.9 Å². The molecule has 8 heteroatoms. The number of rotatable bonds is 6. The fraction of sp³-hybridized carbons (Fsp3) is 0.364. The van der Waals surface area contributed by atoms with Crippen LogP contribution in [0, 0.1) is 0 Å². The van der Waals surface area contributed by atoms with Crippen LogP contribution in [-0.2, 0) is 14.8 Å². The van der Waals surface area contributed by atoms with Crippen molar-refractivity contribution >= 4 is 21.6 Å². The Hall–Kier alpha value is -1.80. The number of nitrogens with two attached hydrogens (primary N) is 1. The maximum Gasteiger partial charge on any atom is 0.244 e. The van der Waals surface area contributed by atoms with Gasteiger partial charge in [0.05, 0.1) is 13.7 Å². The van der Waals surface area contributed by atoms with E-state index in [0.29, 0.717) is 12.2 Å². The van der Waals surface area contributed by atoms with Crippen LogP contribution < -0.4 is 20.5 Å². The van der Waals surface area contributed by atoms with Gasteiger partial charge in [-0.15, -0.1) is 0 Å². The highest BCUT2D eigenvalue weighted by molar-refractivity contribution is 7.89. The van der Waals surface area contributed by atoms with E-state index in [1.54, 1.807) is 6.92 Å². The second-order valence-corrected chi connectivity index (χ2v) is 5.42. The quantitative estimate of drug-likeness (QED) is 0.622. The largest absolute Gasteiger partial charge is 0.495 e. The van der Waals surface area contributed by atoms with Gasteiger partial charge in [0.2, 0.25) is 15.9 Å². The van der Waals surface area contributed by atoms with Crippen molar-refractivity contribution < 1.29 is 17.9 Å². The summed E-state index contributed by atoms with van der Waals surface area (Å²) < 4.78 is 31.2. The predicted octanol–water partition coefficient (Wildman–Crippen LogP) is -0.308. The predicted molar refractivity (Wildman–Crippen MR) is 71.3 cm³/mol. The topological polar surface area (TPSA) is 111 Å².